The molecule has 0 saturated carbocycles. The molecule has 0 N–H and O–H groups in total. The van der Waals surface area contributed by atoms with Crippen LogP contribution < -0.4 is 0 Å². The molecule has 0 aromatic heterocycles. The molecule has 1 heterocycles. The van der Waals surface area contributed by atoms with Gasteiger partial charge in [0.25, 0.3) is 0 Å². The molecule has 1 aliphatic rings. The van der Waals surface area contributed by atoms with E-state index in [4.69, 9.17) is 9.47 Å². The van der Waals surface area contributed by atoms with Crippen LogP contribution in [0.1, 0.15) is 39.7 Å². The quantitative estimate of drug-likeness (QED) is 0.846. The molecule has 4 nitrogen and oxygen atoms in total. The lowest BCUT2D eigenvalue weighted by Crippen LogP contribution is -2.39. The van der Waals surface area contributed by atoms with E-state index in [0.29, 0.717) is 25.1 Å². The number of benzene rings is 1. The first-order valence-electron chi connectivity index (χ1n) is 7.63. The van der Waals surface area contributed by atoms with Crippen molar-refractivity contribution in [3.05, 3.63) is 35.4 Å². The van der Waals surface area contributed by atoms with Gasteiger partial charge >= 0.3 is 6.09 Å². The number of hydrogen-bond acceptors (Lipinski definition) is 3. The second-order valence-electron chi connectivity index (χ2n) is 7.17. The number of ether oxygens (including phenoxy) is 2. The fourth-order valence-corrected chi connectivity index (χ4v) is 2.49. The summed E-state index contributed by atoms with van der Waals surface area (Å²) >= 11 is 0. The van der Waals surface area contributed by atoms with E-state index in [0.717, 1.165) is 6.07 Å². The van der Waals surface area contributed by atoms with Crippen molar-refractivity contribution in [2.24, 2.45) is 0 Å². The van der Waals surface area contributed by atoms with E-state index in [2.05, 4.69) is 0 Å². The Morgan fingerprint density at radius 3 is 2.43 bits per heavy atom. The predicted molar refractivity (Wildman–Crippen MR) is 82.0 cm³/mol. The van der Waals surface area contributed by atoms with Crippen molar-refractivity contribution in [1.29, 1.82) is 0 Å². The Balaban J connectivity index is 1.92. The molecule has 0 radical (unpaired) electrons. The highest BCUT2D eigenvalue weighted by Gasteiger charge is 2.38. The molecule has 6 heteroatoms. The molecule has 0 aliphatic carbocycles. The van der Waals surface area contributed by atoms with Gasteiger partial charge < -0.3 is 14.4 Å². The molecule has 0 bridgehead atoms. The number of hydrogen-bond donors (Lipinski definition) is 0. The van der Waals surface area contributed by atoms with E-state index >= 15 is 0 Å². The van der Waals surface area contributed by atoms with E-state index in [1.54, 1.807) is 4.90 Å². The average molecular weight is 327 g/mol. The Morgan fingerprint density at radius 2 is 1.87 bits per heavy atom. The minimum absolute atomic E-state index is 0.0906. The van der Waals surface area contributed by atoms with Gasteiger partial charge in [-0.3, -0.25) is 0 Å². The van der Waals surface area contributed by atoms with Crippen LogP contribution in [0.4, 0.5) is 13.6 Å². The van der Waals surface area contributed by atoms with Crippen LogP contribution >= 0.6 is 0 Å². The van der Waals surface area contributed by atoms with Crippen LogP contribution in [0, 0.1) is 11.6 Å². The summed E-state index contributed by atoms with van der Waals surface area (Å²) in [6.45, 7) is 8.34. The third kappa shape index (κ3) is 5.16. The van der Waals surface area contributed by atoms with Crippen molar-refractivity contribution in [1.82, 2.24) is 4.90 Å². The number of likely N-dealkylation sites (tertiary alicyclic amines) is 1. The van der Waals surface area contributed by atoms with Crippen molar-refractivity contribution in [3.8, 4) is 0 Å². The molecule has 1 unspecified atom stereocenters. The molecule has 128 valence electrons. The van der Waals surface area contributed by atoms with Gasteiger partial charge in [0.15, 0.2) is 0 Å². The SMILES string of the molecule is CC(C)(C)OC(=O)N1CCC(C)(OCc2cc(F)cc(F)c2)C1. The van der Waals surface area contributed by atoms with Crippen molar-refractivity contribution in [2.75, 3.05) is 13.1 Å². The summed E-state index contributed by atoms with van der Waals surface area (Å²) in [5.74, 6) is -1.26. The molecular weight excluding hydrogens is 304 g/mol. The molecule has 1 aliphatic heterocycles. The van der Waals surface area contributed by atoms with Gasteiger partial charge in [-0.2, -0.15) is 0 Å². The lowest BCUT2D eigenvalue weighted by atomic mass is 10.1. The third-order valence-corrected chi connectivity index (χ3v) is 3.60. The Kier molecular flexibility index (Phi) is 4.94. The zero-order valence-corrected chi connectivity index (χ0v) is 14.0. The van der Waals surface area contributed by atoms with Gasteiger partial charge in [0, 0.05) is 12.6 Å². The minimum Gasteiger partial charge on any atom is -0.444 e. The van der Waals surface area contributed by atoms with Crippen molar-refractivity contribution in [3.63, 3.8) is 0 Å². The molecule has 1 aromatic rings. The first-order chi connectivity index (χ1) is 10.6. The highest BCUT2D eigenvalue weighted by atomic mass is 19.1. The maximum Gasteiger partial charge on any atom is 0.410 e. The monoisotopic (exact) mass is 327 g/mol. The van der Waals surface area contributed by atoms with Gasteiger partial charge in [0.05, 0.1) is 18.8 Å². The summed E-state index contributed by atoms with van der Waals surface area (Å²) in [5, 5.41) is 0. The molecule has 2 rings (SSSR count). The zero-order chi connectivity index (χ0) is 17.3. The number of amides is 1. The first-order valence-corrected chi connectivity index (χ1v) is 7.63. The Hall–Kier alpha value is -1.69. The summed E-state index contributed by atoms with van der Waals surface area (Å²) in [6, 6.07) is 3.31. The second-order valence-corrected chi connectivity index (χ2v) is 7.17. The molecule has 0 spiro atoms. The number of carbonyl (C=O) groups is 1. The van der Waals surface area contributed by atoms with Gasteiger partial charge in [0.1, 0.15) is 17.2 Å². The Bertz CT molecular complexity index is 565. The van der Waals surface area contributed by atoms with E-state index in [-0.39, 0.29) is 12.7 Å². The molecular formula is C17H23F2NO3. The standard InChI is InChI=1S/C17H23F2NO3/c1-16(2,3)23-15(21)20-6-5-17(4,11-20)22-10-12-7-13(18)9-14(19)8-12/h7-9H,5-6,10-11H2,1-4H3. The predicted octanol–water partition coefficient (Wildman–Crippen LogP) is 3.88. The fourth-order valence-electron chi connectivity index (χ4n) is 2.49. The van der Waals surface area contributed by atoms with Crippen LogP contribution in [0.15, 0.2) is 18.2 Å². The number of nitrogens with zero attached hydrogens (tertiary/aromatic N) is 1. The van der Waals surface area contributed by atoms with E-state index in [1.807, 2.05) is 27.7 Å². The second kappa shape index (κ2) is 6.43. The van der Waals surface area contributed by atoms with E-state index in [9.17, 15) is 13.6 Å². The maximum atomic E-state index is 13.2. The van der Waals surface area contributed by atoms with Crippen LogP contribution in [-0.2, 0) is 16.1 Å². The summed E-state index contributed by atoms with van der Waals surface area (Å²) < 4.78 is 37.5. The summed E-state index contributed by atoms with van der Waals surface area (Å²) in [5.41, 5.74) is -0.671. The minimum atomic E-state index is -0.629. The third-order valence-electron chi connectivity index (χ3n) is 3.60. The van der Waals surface area contributed by atoms with Gasteiger partial charge in [-0.1, -0.05) is 0 Å². The van der Waals surface area contributed by atoms with Gasteiger partial charge in [0.2, 0.25) is 0 Å². The van der Waals surface area contributed by atoms with E-state index in [1.165, 1.54) is 12.1 Å². The fraction of sp³-hybridized carbons (Fsp3) is 0.588. The molecule has 1 atom stereocenters. The highest BCUT2D eigenvalue weighted by Crippen LogP contribution is 2.27. The molecule has 23 heavy (non-hydrogen) atoms. The zero-order valence-electron chi connectivity index (χ0n) is 14.0. The first kappa shape index (κ1) is 17.7. The van der Waals surface area contributed by atoms with Crippen LogP contribution in [-0.4, -0.2) is 35.3 Å². The Labute approximate surface area is 135 Å². The van der Waals surface area contributed by atoms with Crippen LogP contribution in [0.3, 0.4) is 0 Å². The smallest absolute Gasteiger partial charge is 0.410 e. The average Bonchev–Trinajstić information content (AvgIpc) is 2.77. The summed E-state index contributed by atoms with van der Waals surface area (Å²) in [6.07, 6.45) is 0.269. The maximum absolute atomic E-state index is 13.2. The topological polar surface area (TPSA) is 38.8 Å². The lowest BCUT2D eigenvalue weighted by Gasteiger charge is -2.27. The molecule has 1 saturated heterocycles. The number of carbonyl (C=O) groups excluding carboxylic acids is 1. The van der Waals surface area contributed by atoms with Crippen molar-refractivity contribution >= 4 is 6.09 Å². The number of rotatable bonds is 3. The largest absolute Gasteiger partial charge is 0.444 e. The van der Waals surface area contributed by atoms with Gasteiger partial charge in [-0.05, 0) is 51.8 Å². The lowest BCUT2D eigenvalue weighted by molar-refractivity contribution is -0.0376. The van der Waals surface area contributed by atoms with Gasteiger partial charge in [-0.25, -0.2) is 13.6 Å². The van der Waals surface area contributed by atoms with Crippen molar-refractivity contribution in [2.45, 2.75) is 51.9 Å². The van der Waals surface area contributed by atoms with Crippen LogP contribution in [0.25, 0.3) is 0 Å². The Morgan fingerprint density at radius 1 is 1.26 bits per heavy atom. The number of halogens is 2. The van der Waals surface area contributed by atoms with Crippen molar-refractivity contribution < 1.29 is 23.0 Å². The van der Waals surface area contributed by atoms with Crippen LogP contribution in [0.5, 0.6) is 0 Å². The van der Waals surface area contributed by atoms with Crippen LogP contribution in [0.2, 0.25) is 0 Å². The molecule has 1 amide bonds. The molecule has 1 fully saturated rings. The highest BCUT2D eigenvalue weighted by molar-refractivity contribution is 5.68. The summed E-state index contributed by atoms with van der Waals surface area (Å²) in [4.78, 5) is 13.7. The summed E-state index contributed by atoms with van der Waals surface area (Å²) in [7, 11) is 0. The van der Waals surface area contributed by atoms with Gasteiger partial charge in [-0.15, -0.1) is 0 Å². The van der Waals surface area contributed by atoms with E-state index < -0.39 is 22.8 Å². The molecule has 1 aromatic carbocycles. The normalized spacial score (nSPS) is 21.6.